The van der Waals surface area contributed by atoms with E-state index in [1.165, 1.54) is 26.2 Å². The van der Waals surface area contributed by atoms with E-state index in [1.54, 1.807) is 6.07 Å². The normalized spacial score (nSPS) is 11.2. The van der Waals surface area contributed by atoms with Gasteiger partial charge in [-0.05, 0) is 25.0 Å². The van der Waals surface area contributed by atoms with Gasteiger partial charge in [-0.25, -0.2) is 0 Å². The van der Waals surface area contributed by atoms with E-state index in [0.29, 0.717) is 11.4 Å². The number of aliphatic imine (C=N–C) groups is 1. The third-order valence-electron chi connectivity index (χ3n) is 1.70. The van der Waals surface area contributed by atoms with E-state index in [-0.39, 0.29) is 11.5 Å². The summed E-state index contributed by atoms with van der Waals surface area (Å²) in [6.07, 6.45) is 0. The number of rotatable bonds is 3. The maximum Gasteiger partial charge on any atom is 0.248 e. The van der Waals surface area contributed by atoms with Gasteiger partial charge in [-0.2, -0.15) is 0 Å². The number of ether oxygens (including phenoxy) is 1. The zero-order valence-corrected chi connectivity index (χ0v) is 8.48. The molecule has 0 radical (unpaired) electrons. The van der Waals surface area contributed by atoms with E-state index in [9.17, 15) is 9.90 Å². The van der Waals surface area contributed by atoms with Crippen LogP contribution in [0.4, 0.5) is 5.69 Å². The molecule has 2 N–H and O–H groups in total. The molecule has 0 spiro atoms. The molecule has 0 bridgehead atoms. The number of nitrogens with two attached hydrogens (primary N) is 1. The number of nitrogens with zero attached hydrogens (tertiary/aromatic N) is 1. The van der Waals surface area contributed by atoms with E-state index in [0.717, 1.165) is 0 Å². The van der Waals surface area contributed by atoms with Gasteiger partial charge in [0, 0.05) is 11.6 Å². The number of amides is 1. The van der Waals surface area contributed by atoms with Crippen molar-refractivity contribution in [3.8, 4) is 5.75 Å². The Balaban J connectivity index is 3.23. The molecule has 0 fully saturated rings. The molecule has 80 valence electrons. The SMILES string of the molecule is COc1cc(N=C(C)[O-])cc(C(N)=O)c1. The van der Waals surface area contributed by atoms with Crippen molar-refractivity contribution in [3.05, 3.63) is 23.8 Å². The molecule has 1 aromatic carbocycles. The van der Waals surface area contributed by atoms with E-state index < -0.39 is 5.91 Å². The van der Waals surface area contributed by atoms with Crippen LogP contribution in [-0.4, -0.2) is 18.9 Å². The highest BCUT2D eigenvalue weighted by atomic mass is 16.5. The first-order chi connectivity index (χ1) is 7.02. The monoisotopic (exact) mass is 207 g/mol. The summed E-state index contributed by atoms with van der Waals surface area (Å²) >= 11 is 0. The quantitative estimate of drug-likeness (QED) is 0.567. The second-order valence-electron chi connectivity index (χ2n) is 2.91. The van der Waals surface area contributed by atoms with Crippen molar-refractivity contribution in [2.45, 2.75) is 6.92 Å². The third-order valence-corrected chi connectivity index (χ3v) is 1.70. The lowest BCUT2D eigenvalue weighted by molar-refractivity contribution is -0.215. The van der Waals surface area contributed by atoms with Gasteiger partial charge >= 0.3 is 0 Å². The molecule has 0 atom stereocenters. The molecule has 0 aromatic heterocycles. The highest BCUT2D eigenvalue weighted by Crippen LogP contribution is 2.22. The largest absolute Gasteiger partial charge is 0.862 e. The lowest BCUT2D eigenvalue weighted by Gasteiger charge is -2.06. The number of methoxy groups -OCH3 is 1. The smallest absolute Gasteiger partial charge is 0.248 e. The Morgan fingerprint density at radius 2 is 2.13 bits per heavy atom. The van der Waals surface area contributed by atoms with Crippen molar-refractivity contribution in [2.75, 3.05) is 7.11 Å². The van der Waals surface area contributed by atoms with Gasteiger partial charge < -0.3 is 15.6 Å². The maximum absolute atomic E-state index is 10.9. The molecule has 5 nitrogen and oxygen atoms in total. The molecular formula is C10H11N2O3-. The molecule has 0 heterocycles. The van der Waals surface area contributed by atoms with Crippen LogP contribution in [-0.2, 0) is 0 Å². The van der Waals surface area contributed by atoms with Gasteiger partial charge in [0.15, 0.2) is 0 Å². The van der Waals surface area contributed by atoms with Crippen molar-refractivity contribution in [3.63, 3.8) is 0 Å². The Morgan fingerprint density at radius 1 is 1.47 bits per heavy atom. The van der Waals surface area contributed by atoms with Crippen LogP contribution < -0.4 is 15.6 Å². The lowest BCUT2D eigenvalue weighted by atomic mass is 10.2. The van der Waals surface area contributed by atoms with Crippen LogP contribution in [0.15, 0.2) is 23.2 Å². The fourth-order valence-corrected chi connectivity index (χ4v) is 1.09. The standard InChI is InChI=1S/C10H12N2O3/c1-6(13)12-8-3-7(10(11)14)4-9(5-8)15-2/h3-5H,1-2H3,(H2,11,14)(H,12,13)/p-1. The van der Waals surface area contributed by atoms with Gasteiger partial charge in [-0.3, -0.25) is 9.79 Å². The van der Waals surface area contributed by atoms with Crippen LogP contribution in [0.5, 0.6) is 5.75 Å². The van der Waals surface area contributed by atoms with E-state index >= 15 is 0 Å². The van der Waals surface area contributed by atoms with E-state index in [1.807, 2.05) is 0 Å². The average molecular weight is 207 g/mol. The van der Waals surface area contributed by atoms with Crippen LogP contribution in [0.2, 0.25) is 0 Å². The van der Waals surface area contributed by atoms with Crippen molar-refractivity contribution >= 4 is 17.5 Å². The Labute approximate surface area is 87.2 Å². The topological polar surface area (TPSA) is 87.7 Å². The molecule has 1 rings (SSSR count). The summed E-state index contributed by atoms with van der Waals surface area (Å²) in [4.78, 5) is 14.6. The average Bonchev–Trinajstić information content (AvgIpc) is 2.16. The molecule has 0 aliphatic carbocycles. The summed E-state index contributed by atoms with van der Waals surface area (Å²) < 4.78 is 4.95. The predicted molar refractivity (Wildman–Crippen MR) is 54.3 cm³/mol. The second-order valence-corrected chi connectivity index (χ2v) is 2.91. The van der Waals surface area contributed by atoms with Crippen molar-refractivity contribution in [1.29, 1.82) is 0 Å². The van der Waals surface area contributed by atoms with Gasteiger partial charge in [0.25, 0.3) is 0 Å². The van der Waals surface area contributed by atoms with Gasteiger partial charge in [-0.15, -0.1) is 0 Å². The first kappa shape index (κ1) is 11.0. The molecule has 5 heteroatoms. The molecule has 0 aliphatic heterocycles. The highest BCUT2D eigenvalue weighted by molar-refractivity contribution is 5.94. The Bertz CT molecular complexity index is 409. The fraction of sp³-hybridized carbons (Fsp3) is 0.200. The minimum atomic E-state index is -0.589. The molecule has 15 heavy (non-hydrogen) atoms. The van der Waals surface area contributed by atoms with Crippen LogP contribution in [0.25, 0.3) is 0 Å². The van der Waals surface area contributed by atoms with Crippen LogP contribution in [0, 0.1) is 0 Å². The number of hydrogen-bond donors (Lipinski definition) is 1. The van der Waals surface area contributed by atoms with Crippen LogP contribution in [0.1, 0.15) is 17.3 Å². The van der Waals surface area contributed by atoms with Crippen molar-refractivity contribution in [1.82, 2.24) is 0 Å². The Hall–Kier alpha value is -2.04. The minimum Gasteiger partial charge on any atom is -0.862 e. The first-order valence-corrected chi connectivity index (χ1v) is 4.24. The summed E-state index contributed by atoms with van der Waals surface area (Å²) in [5, 5.41) is 10.8. The molecular weight excluding hydrogens is 196 g/mol. The second kappa shape index (κ2) is 4.45. The van der Waals surface area contributed by atoms with Gasteiger partial charge in [0.2, 0.25) is 5.91 Å². The number of primary amides is 1. The van der Waals surface area contributed by atoms with Crippen LogP contribution >= 0.6 is 0 Å². The van der Waals surface area contributed by atoms with Gasteiger partial charge in [0.1, 0.15) is 5.75 Å². The fourth-order valence-electron chi connectivity index (χ4n) is 1.09. The minimum absolute atomic E-state index is 0.259. The number of benzene rings is 1. The predicted octanol–water partition coefficient (Wildman–Crippen LogP) is 0.204. The molecule has 1 amide bonds. The van der Waals surface area contributed by atoms with Crippen LogP contribution in [0.3, 0.4) is 0 Å². The summed E-state index contributed by atoms with van der Waals surface area (Å²) in [5.41, 5.74) is 5.73. The molecule has 0 saturated carbocycles. The zero-order chi connectivity index (χ0) is 11.4. The van der Waals surface area contributed by atoms with E-state index in [2.05, 4.69) is 4.99 Å². The molecule has 0 saturated heterocycles. The molecule has 0 aliphatic rings. The molecule has 0 unspecified atom stereocenters. The molecule has 1 aromatic rings. The van der Waals surface area contributed by atoms with Gasteiger partial charge in [-0.1, -0.05) is 0 Å². The van der Waals surface area contributed by atoms with Gasteiger partial charge in [0.05, 0.1) is 12.8 Å². The number of carbonyl (C=O) groups is 1. The highest BCUT2D eigenvalue weighted by Gasteiger charge is 2.04. The maximum atomic E-state index is 10.9. The van der Waals surface area contributed by atoms with Crippen molar-refractivity contribution in [2.24, 2.45) is 10.7 Å². The first-order valence-electron chi connectivity index (χ1n) is 4.24. The summed E-state index contributed by atoms with van der Waals surface area (Å²) in [6.45, 7) is 1.32. The van der Waals surface area contributed by atoms with E-state index in [4.69, 9.17) is 10.5 Å². The number of carbonyl (C=O) groups excluding carboxylic acids is 1. The Morgan fingerprint density at radius 3 is 2.60 bits per heavy atom. The summed E-state index contributed by atoms with van der Waals surface area (Å²) in [6, 6.07) is 4.47. The van der Waals surface area contributed by atoms with Crippen molar-refractivity contribution < 1.29 is 14.6 Å². The Kier molecular flexibility index (Phi) is 3.28. The summed E-state index contributed by atoms with van der Waals surface area (Å²) in [5.74, 6) is -0.501. The summed E-state index contributed by atoms with van der Waals surface area (Å²) in [7, 11) is 1.46. The number of hydrogen-bond acceptors (Lipinski definition) is 4. The third kappa shape index (κ3) is 2.98. The lowest BCUT2D eigenvalue weighted by Crippen LogP contribution is -2.12. The zero-order valence-electron chi connectivity index (χ0n) is 8.48.